The molecule has 0 amide bonds. The second kappa shape index (κ2) is 4.65. The van der Waals surface area contributed by atoms with Crippen LogP contribution in [0.1, 0.15) is 12.0 Å². The zero-order chi connectivity index (χ0) is 9.97. The van der Waals surface area contributed by atoms with Crippen molar-refractivity contribution in [3.05, 3.63) is 34.9 Å². The molecule has 14 heavy (non-hydrogen) atoms. The summed E-state index contributed by atoms with van der Waals surface area (Å²) in [6, 6.07) is 8.12. The molecule has 1 aromatic rings. The Labute approximate surface area is 98.2 Å². The van der Waals surface area contributed by atoms with Crippen molar-refractivity contribution in [1.29, 1.82) is 0 Å². The van der Waals surface area contributed by atoms with Crippen molar-refractivity contribution in [2.24, 2.45) is 0 Å². The fourth-order valence-electron chi connectivity index (χ4n) is 1.78. The molecule has 0 N–H and O–H groups in total. The Bertz CT molecular complexity index is 299. The Kier molecular flexibility index (Phi) is 3.47. The Hall–Kier alpha value is -0.0500. The minimum absolute atomic E-state index is 0.676. The predicted molar refractivity (Wildman–Crippen MR) is 64.1 cm³/mol. The van der Waals surface area contributed by atoms with Gasteiger partial charge >= 0.3 is 0 Å². The first kappa shape index (κ1) is 10.5. The molecule has 1 saturated heterocycles. The first-order valence-corrected chi connectivity index (χ1v) is 6.14. The maximum atomic E-state index is 5.83. The van der Waals surface area contributed by atoms with Crippen molar-refractivity contribution in [2.75, 3.05) is 13.1 Å². The molecule has 1 heterocycles. The van der Waals surface area contributed by atoms with E-state index in [1.54, 1.807) is 0 Å². The van der Waals surface area contributed by atoms with E-state index in [0.717, 1.165) is 18.1 Å². The van der Waals surface area contributed by atoms with Crippen LogP contribution in [-0.2, 0) is 6.54 Å². The summed E-state index contributed by atoms with van der Waals surface area (Å²) in [4.78, 5) is 3.14. The lowest BCUT2D eigenvalue weighted by atomic mass is 10.2. The third-order valence-electron chi connectivity index (χ3n) is 2.53. The monoisotopic (exact) mass is 273 g/mol. The molecule has 3 heteroatoms. The average molecular weight is 275 g/mol. The Balaban J connectivity index is 1.94. The minimum Gasteiger partial charge on any atom is -0.298 e. The third kappa shape index (κ3) is 2.72. The topological polar surface area (TPSA) is 3.24 Å². The van der Waals surface area contributed by atoms with E-state index < -0.39 is 0 Å². The molecule has 0 bridgehead atoms. The van der Waals surface area contributed by atoms with Gasteiger partial charge in [0.05, 0.1) is 0 Å². The van der Waals surface area contributed by atoms with Crippen LogP contribution >= 0.6 is 27.5 Å². The van der Waals surface area contributed by atoms with E-state index in [1.807, 2.05) is 12.1 Å². The summed E-state index contributed by atoms with van der Waals surface area (Å²) < 4.78 is 0. The molecule has 1 atom stereocenters. The maximum Gasteiger partial charge on any atom is 0.0406 e. The Morgan fingerprint density at radius 2 is 2.07 bits per heavy atom. The van der Waals surface area contributed by atoms with Crippen LogP contribution in [0.5, 0.6) is 0 Å². The van der Waals surface area contributed by atoms with Crippen molar-refractivity contribution >= 4 is 27.5 Å². The molecular formula is C11H13BrClN. The van der Waals surface area contributed by atoms with Gasteiger partial charge in [0.15, 0.2) is 0 Å². The zero-order valence-corrected chi connectivity index (χ0v) is 10.3. The lowest BCUT2D eigenvalue weighted by Crippen LogP contribution is -2.19. The summed E-state index contributed by atoms with van der Waals surface area (Å²) in [5, 5.41) is 0.813. The van der Waals surface area contributed by atoms with Gasteiger partial charge in [-0.05, 0) is 30.7 Å². The fraction of sp³-hybridized carbons (Fsp3) is 0.455. The van der Waals surface area contributed by atoms with E-state index in [1.165, 1.54) is 18.5 Å². The van der Waals surface area contributed by atoms with Gasteiger partial charge in [-0.15, -0.1) is 0 Å². The number of benzene rings is 1. The molecule has 0 spiro atoms. The quantitative estimate of drug-likeness (QED) is 0.748. The van der Waals surface area contributed by atoms with Gasteiger partial charge in [0.2, 0.25) is 0 Å². The van der Waals surface area contributed by atoms with Crippen LogP contribution in [0.3, 0.4) is 0 Å². The standard InChI is InChI=1S/C11H13BrClN/c12-10-5-6-14(8-10)7-9-1-3-11(13)4-2-9/h1-4,10H,5-8H2. The van der Waals surface area contributed by atoms with Gasteiger partial charge in [0.1, 0.15) is 0 Å². The Morgan fingerprint density at radius 1 is 1.36 bits per heavy atom. The first-order valence-electron chi connectivity index (χ1n) is 4.85. The minimum atomic E-state index is 0.676. The van der Waals surface area contributed by atoms with Crippen LogP contribution in [0.4, 0.5) is 0 Å². The van der Waals surface area contributed by atoms with E-state index in [9.17, 15) is 0 Å². The SMILES string of the molecule is Clc1ccc(CN2CCC(Br)C2)cc1. The van der Waals surface area contributed by atoms with Crippen LogP contribution in [0.25, 0.3) is 0 Å². The molecule has 0 radical (unpaired) electrons. The maximum absolute atomic E-state index is 5.83. The van der Waals surface area contributed by atoms with Crippen LogP contribution in [0, 0.1) is 0 Å². The van der Waals surface area contributed by atoms with Crippen molar-refractivity contribution in [3.63, 3.8) is 0 Å². The number of nitrogens with zero attached hydrogens (tertiary/aromatic N) is 1. The van der Waals surface area contributed by atoms with Crippen LogP contribution in [0.2, 0.25) is 5.02 Å². The molecule has 1 nitrogen and oxygen atoms in total. The summed E-state index contributed by atoms with van der Waals surface area (Å²) in [6.07, 6.45) is 1.26. The third-order valence-corrected chi connectivity index (χ3v) is 3.53. The summed E-state index contributed by atoms with van der Waals surface area (Å²) >= 11 is 9.47. The Morgan fingerprint density at radius 3 is 2.64 bits per heavy atom. The molecule has 1 fully saturated rings. The molecule has 1 aliphatic rings. The van der Waals surface area contributed by atoms with E-state index in [2.05, 4.69) is 33.0 Å². The van der Waals surface area contributed by atoms with E-state index in [0.29, 0.717) is 4.83 Å². The largest absolute Gasteiger partial charge is 0.298 e. The molecule has 2 rings (SSSR count). The second-order valence-corrected chi connectivity index (χ2v) is 5.48. The highest BCUT2D eigenvalue weighted by atomic mass is 79.9. The number of halogens is 2. The van der Waals surface area contributed by atoms with Gasteiger partial charge in [-0.2, -0.15) is 0 Å². The number of rotatable bonds is 2. The van der Waals surface area contributed by atoms with Gasteiger partial charge in [-0.3, -0.25) is 4.90 Å². The molecule has 76 valence electrons. The summed E-state index contributed by atoms with van der Waals surface area (Å²) in [7, 11) is 0. The van der Waals surface area contributed by atoms with Crippen molar-refractivity contribution < 1.29 is 0 Å². The van der Waals surface area contributed by atoms with Gasteiger partial charge in [-0.25, -0.2) is 0 Å². The number of hydrogen-bond acceptors (Lipinski definition) is 1. The van der Waals surface area contributed by atoms with Gasteiger partial charge in [-0.1, -0.05) is 39.7 Å². The molecular weight excluding hydrogens is 261 g/mol. The van der Waals surface area contributed by atoms with Crippen molar-refractivity contribution in [3.8, 4) is 0 Å². The fourth-order valence-corrected chi connectivity index (χ4v) is 2.52. The summed E-state index contributed by atoms with van der Waals surface area (Å²) in [5.41, 5.74) is 1.34. The number of hydrogen-bond donors (Lipinski definition) is 0. The smallest absolute Gasteiger partial charge is 0.0406 e. The van der Waals surface area contributed by atoms with Gasteiger partial charge < -0.3 is 0 Å². The van der Waals surface area contributed by atoms with Crippen molar-refractivity contribution in [2.45, 2.75) is 17.8 Å². The first-order chi connectivity index (χ1) is 6.74. The highest BCUT2D eigenvalue weighted by molar-refractivity contribution is 9.09. The van der Waals surface area contributed by atoms with Crippen LogP contribution < -0.4 is 0 Å². The highest BCUT2D eigenvalue weighted by Gasteiger charge is 2.19. The molecule has 0 saturated carbocycles. The summed E-state index contributed by atoms with van der Waals surface area (Å²) in [5.74, 6) is 0. The lowest BCUT2D eigenvalue weighted by Gasteiger charge is -2.14. The zero-order valence-electron chi connectivity index (χ0n) is 7.92. The van der Waals surface area contributed by atoms with E-state index in [-0.39, 0.29) is 0 Å². The lowest BCUT2D eigenvalue weighted by molar-refractivity contribution is 0.332. The molecule has 1 unspecified atom stereocenters. The second-order valence-electron chi connectivity index (χ2n) is 3.75. The predicted octanol–water partition coefficient (Wildman–Crippen LogP) is 3.31. The van der Waals surface area contributed by atoms with E-state index in [4.69, 9.17) is 11.6 Å². The molecule has 1 aliphatic heterocycles. The van der Waals surface area contributed by atoms with E-state index >= 15 is 0 Å². The highest BCUT2D eigenvalue weighted by Crippen LogP contribution is 2.19. The van der Waals surface area contributed by atoms with Crippen LogP contribution in [-0.4, -0.2) is 22.8 Å². The molecule has 1 aromatic carbocycles. The van der Waals surface area contributed by atoms with Gasteiger partial charge in [0, 0.05) is 22.9 Å². The number of likely N-dealkylation sites (tertiary alicyclic amines) is 1. The molecule has 0 aliphatic carbocycles. The van der Waals surface area contributed by atoms with Crippen LogP contribution in [0.15, 0.2) is 24.3 Å². The normalized spacial score (nSPS) is 22.9. The van der Waals surface area contributed by atoms with Crippen molar-refractivity contribution in [1.82, 2.24) is 4.90 Å². The summed E-state index contributed by atoms with van der Waals surface area (Å²) in [6.45, 7) is 3.39. The van der Waals surface area contributed by atoms with Gasteiger partial charge in [0.25, 0.3) is 0 Å². The molecule has 0 aromatic heterocycles. The number of alkyl halides is 1. The average Bonchev–Trinajstić information content (AvgIpc) is 2.56.